The standard InChI is InChI=1S/C11H27NSi/c1-7-10(4,5)12-13-11(6,8-2)9-3/h12H,7-9,13H2,1-6H3. The van der Waals surface area contributed by atoms with Crippen molar-refractivity contribution in [3.05, 3.63) is 0 Å². The number of hydrogen-bond donors (Lipinski definition) is 1. The van der Waals surface area contributed by atoms with Gasteiger partial charge in [0.05, 0.1) is 9.68 Å². The molecule has 1 N–H and O–H groups in total. The van der Waals surface area contributed by atoms with Gasteiger partial charge in [-0.2, -0.15) is 0 Å². The highest BCUT2D eigenvalue weighted by atomic mass is 28.2. The Morgan fingerprint density at radius 1 is 0.923 bits per heavy atom. The molecule has 0 aromatic carbocycles. The smallest absolute Gasteiger partial charge is 0.0980 e. The van der Waals surface area contributed by atoms with Gasteiger partial charge in [0.25, 0.3) is 0 Å². The molecule has 2 heteroatoms. The second-order valence-corrected chi connectivity index (χ2v) is 7.52. The number of nitrogens with one attached hydrogen (secondary N) is 1. The summed E-state index contributed by atoms with van der Waals surface area (Å²) < 4.78 is 0. The lowest BCUT2D eigenvalue weighted by molar-refractivity contribution is 0.438. The summed E-state index contributed by atoms with van der Waals surface area (Å²) in [6.07, 6.45) is 3.87. The average Bonchev–Trinajstić information content (AvgIpc) is 2.14. The zero-order valence-corrected chi connectivity index (χ0v) is 11.7. The van der Waals surface area contributed by atoms with Crippen LogP contribution in [0.15, 0.2) is 0 Å². The Bertz CT molecular complexity index is 139. The molecule has 0 aliphatic heterocycles. The van der Waals surface area contributed by atoms with E-state index in [1.807, 2.05) is 0 Å². The Balaban J connectivity index is 3.99. The molecule has 0 aromatic rings. The molecule has 0 unspecified atom stereocenters. The van der Waals surface area contributed by atoms with E-state index in [9.17, 15) is 0 Å². The molecule has 0 rings (SSSR count). The normalized spacial score (nSPS) is 14.3. The maximum Gasteiger partial charge on any atom is 0.0980 e. The van der Waals surface area contributed by atoms with Crippen LogP contribution in [-0.2, 0) is 0 Å². The van der Waals surface area contributed by atoms with Crippen LogP contribution in [-0.4, -0.2) is 15.2 Å². The van der Waals surface area contributed by atoms with Gasteiger partial charge in [0.1, 0.15) is 0 Å². The van der Waals surface area contributed by atoms with Gasteiger partial charge in [0.15, 0.2) is 0 Å². The monoisotopic (exact) mass is 201 g/mol. The molecule has 1 nitrogen and oxygen atoms in total. The molecule has 0 aliphatic carbocycles. The highest BCUT2D eigenvalue weighted by Gasteiger charge is 2.23. The largest absolute Gasteiger partial charge is 0.337 e. The SMILES string of the molecule is CCC(C)(C)N[SiH2]C(C)(CC)CC. The fraction of sp³-hybridized carbons (Fsp3) is 1.00. The van der Waals surface area contributed by atoms with E-state index in [0.29, 0.717) is 10.6 Å². The first-order valence-corrected chi connectivity index (χ1v) is 7.05. The molecule has 0 spiro atoms. The molecule has 0 radical (unpaired) electrons. The van der Waals surface area contributed by atoms with E-state index < -0.39 is 0 Å². The minimum atomic E-state index is -0.136. The lowest BCUT2D eigenvalue weighted by atomic mass is 10.0. The molecular weight excluding hydrogens is 174 g/mol. The van der Waals surface area contributed by atoms with Crippen molar-refractivity contribution in [3.8, 4) is 0 Å². The molecule has 0 saturated carbocycles. The summed E-state index contributed by atoms with van der Waals surface area (Å²) in [5, 5.41) is 0.618. The van der Waals surface area contributed by atoms with E-state index in [2.05, 4.69) is 46.5 Å². The van der Waals surface area contributed by atoms with E-state index in [0.717, 1.165) is 0 Å². The van der Waals surface area contributed by atoms with Crippen molar-refractivity contribution in [3.63, 3.8) is 0 Å². The van der Waals surface area contributed by atoms with Gasteiger partial charge in [-0.05, 0) is 25.3 Å². The van der Waals surface area contributed by atoms with Crippen molar-refractivity contribution in [2.45, 2.75) is 71.4 Å². The second-order valence-electron chi connectivity index (χ2n) is 5.11. The zero-order chi connectivity index (χ0) is 10.5. The van der Waals surface area contributed by atoms with E-state index >= 15 is 0 Å². The predicted molar refractivity (Wildman–Crippen MR) is 65.0 cm³/mol. The first kappa shape index (κ1) is 13.2. The molecular formula is C11H27NSi. The van der Waals surface area contributed by atoms with Crippen molar-refractivity contribution in [2.24, 2.45) is 0 Å². The topological polar surface area (TPSA) is 12.0 Å². The predicted octanol–water partition coefficient (Wildman–Crippen LogP) is 2.85. The minimum Gasteiger partial charge on any atom is -0.337 e. The zero-order valence-electron chi connectivity index (χ0n) is 10.3. The maximum atomic E-state index is 3.79. The van der Waals surface area contributed by atoms with Crippen LogP contribution in [0.1, 0.15) is 60.8 Å². The van der Waals surface area contributed by atoms with Crippen LogP contribution in [0.3, 0.4) is 0 Å². The van der Waals surface area contributed by atoms with Gasteiger partial charge in [-0.1, -0.05) is 40.5 Å². The first-order chi connectivity index (χ1) is 5.89. The fourth-order valence-electron chi connectivity index (χ4n) is 1.08. The van der Waals surface area contributed by atoms with Crippen molar-refractivity contribution in [1.82, 2.24) is 4.98 Å². The van der Waals surface area contributed by atoms with Crippen molar-refractivity contribution < 1.29 is 0 Å². The molecule has 0 fully saturated rings. The summed E-state index contributed by atoms with van der Waals surface area (Å²) >= 11 is 0. The maximum absolute atomic E-state index is 3.79. The van der Waals surface area contributed by atoms with E-state index in [4.69, 9.17) is 0 Å². The highest BCUT2D eigenvalue weighted by Crippen LogP contribution is 2.31. The molecule has 0 saturated heterocycles. The Labute approximate surface area is 86.6 Å². The van der Waals surface area contributed by atoms with Crippen LogP contribution in [0.25, 0.3) is 0 Å². The van der Waals surface area contributed by atoms with Crippen LogP contribution in [0.4, 0.5) is 0 Å². The third-order valence-corrected chi connectivity index (χ3v) is 6.57. The van der Waals surface area contributed by atoms with Gasteiger partial charge < -0.3 is 4.98 Å². The average molecular weight is 201 g/mol. The van der Waals surface area contributed by atoms with Crippen molar-refractivity contribution in [2.75, 3.05) is 0 Å². The lowest BCUT2D eigenvalue weighted by Gasteiger charge is -2.33. The summed E-state index contributed by atoms with van der Waals surface area (Å²) in [7, 11) is -0.136. The molecule has 13 heavy (non-hydrogen) atoms. The van der Waals surface area contributed by atoms with Crippen molar-refractivity contribution >= 4 is 9.68 Å². The van der Waals surface area contributed by atoms with E-state index in [1.54, 1.807) is 0 Å². The van der Waals surface area contributed by atoms with Gasteiger partial charge in [0, 0.05) is 5.54 Å². The van der Waals surface area contributed by atoms with Gasteiger partial charge in [-0.3, -0.25) is 0 Å². The molecule has 0 heterocycles. The van der Waals surface area contributed by atoms with Crippen LogP contribution in [0.5, 0.6) is 0 Å². The molecule has 0 aromatic heterocycles. The second kappa shape index (κ2) is 5.16. The number of hydrogen-bond acceptors (Lipinski definition) is 1. The van der Waals surface area contributed by atoms with Crippen LogP contribution < -0.4 is 4.98 Å². The quantitative estimate of drug-likeness (QED) is 0.652. The summed E-state index contributed by atoms with van der Waals surface area (Å²) in [5.74, 6) is 0. The fourth-order valence-corrected chi connectivity index (χ4v) is 2.73. The summed E-state index contributed by atoms with van der Waals surface area (Å²) in [6.45, 7) is 13.9. The molecule has 0 amide bonds. The first-order valence-electron chi connectivity index (χ1n) is 5.64. The molecule has 80 valence electrons. The molecule has 0 aliphatic rings. The third kappa shape index (κ3) is 4.82. The minimum absolute atomic E-state index is 0.136. The third-order valence-electron chi connectivity index (χ3n) is 3.58. The molecule has 0 atom stereocenters. The Morgan fingerprint density at radius 2 is 1.38 bits per heavy atom. The van der Waals surface area contributed by atoms with Gasteiger partial charge in [0.2, 0.25) is 0 Å². The Hall–Kier alpha value is 0.177. The van der Waals surface area contributed by atoms with Crippen LogP contribution in [0.2, 0.25) is 5.04 Å². The van der Waals surface area contributed by atoms with E-state index in [-0.39, 0.29) is 9.68 Å². The summed E-state index contributed by atoms with van der Waals surface area (Å²) in [6, 6.07) is 0. The highest BCUT2D eigenvalue weighted by molar-refractivity contribution is 6.37. The van der Waals surface area contributed by atoms with Gasteiger partial charge >= 0.3 is 0 Å². The lowest BCUT2D eigenvalue weighted by Crippen LogP contribution is -2.44. The van der Waals surface area contributed by atoms with Gasteiger partial charge in [-0.25, -0.2) is 0 Å². The summed E-state index contributed by atoms with van der Waals surface area (Å²) in [4.78, 5) is 3.79. The van der Waals surface area contributed by atoms with Crippen LogP contribution >= 0.6 is 0 Å². The van der Waals surface area contributed by atoms with Crippen molar-refractivity contribution in [1.29, 1.82) is 0 Å². The Morgan fingerprint density at radius 3 is 1.69 bits per heavy atom. The molecule has 0 bridgehead atoms. The Kier molecular flexibility index (Phi) is 5.23. The van der Waals surface area contributed by atoms with Gasteiger partial charge in [-0.15, -0.1) is 0 Å². The number of rotatable bonds is 6. The summed E-state index contributed by atoms with van der Waals surface area (Å²) in [5.41, 5.74) is 0.359. The van der Waals surface area contributed by atoms with Crippen LogP contribution in [0, 0.1) is 0 Å². The van der Waals surface area contributed by atoms with E-state index in [1.165, 1.54) is 19.3 Å².